The normalized spacial score (nSPS) is 20.3. The zero-order valence-electron chi connectivity index (χ0n) is 17.1. The zero-order chi connectivity index (χ0) is 21.5. The number of anilines is 1. The molecule has 0 N–H and O–H groups in total. The molecule has 0 spiro atoms. The Kier molecular flexibility index (Phi) is 5.59. The summed E-state index contributed by atoms with van der Waals surface area (Å²) in [5.41, 5.74) is 2.11. The highest BCUT2D eigenvalue weighted by Gasteiger charge is 2.32. The lowest BCUT2D eigenvalue weighted by molar-refractivity contribution is -0.119. The second-order valence-electron chi connectivity index (χ2n) is 8.00. The standard InChI is InChI=1S/C21H25FN4O3S/c1-14-17-9-10-19(27)26(13-15-6-3-4-8-18(15)22)21(17)24-20(23-14)16-7-5-11-25(12-16)30(2,28)29/h3-4,6,8,16H,5,7,9-13H2,1-2H3. The molecular formula is C21H25FN4O3S. The van der Waals surface area contributed by atoms with Crippen molar-refractivity contribution in [1.29, 1.82) is 0 Å². The van der Waals surface area contributed by atoms with Crippen LogP contribution in [0.4, 0.5) is 10.2 Å². The van der Waals surface area contributed by atoms with Gasteiger partial charge >= 0.3 is 0 Å². The number of aryl methyl sites for hydroxylation is 1. The van der Waals surface area contributed by atoms with E-state index in [0.717, 1.165) is 24.1 Å². The number of sulfonamides is 1. The van der Waals surface area contributed by atoms with Crippen LogP contribution in [0.3, 0.4) is 0 Å². The van der Waals surface area contributed by atoms with Gasteiger partial charge in [0.05, 0.1) is 12.8 Å². The molecule has 9 heteroatoms. The lowest BCUT2D eigenvalue weighted by atomic mass is 9.97. The minimum atomic E-state index is -3.29. The third kappa shape index (κ3) is 4.09. The molecule has 3 heterocycles. The van der Waals surface area contributed by atoms with Gasteiger partial charge in [0, 0.05) is 42.2 Å². The first-order valence-corrected chi connectivity index (χ1v) is 11.9. The highest BCUT2D eigenvalue weighted by atomic mass is 32.2. The molecule has 1 aromatic heterocycles. The van der Waals surface area contributed by atoms with Crippen molar-refractivity contribution in [3.8, 4) is 0 Å². The van der Waals surface area contributed by atoms with Crippen LogP contribution in [0, 0.1) is 12.7 Å². The average Bonchev–Trinajstić information content (AvgIpc) is 2.71. The first kappa shape index (κ1) is 20.9. The number of amides is 1. The Morgan fingerprint density at radius 2 is 1.97 bits per heavy atom. The average molecular weight is 433 g/mol. The van der Waals surface area contributed by atoms with Crippen LogP contribution < -0.4 is 4.90 Å². The van der Waals surface area contributed by atoms with E-state index in [-0.39, 0.29) is 24.2 Å². The largest absolute Gasteiger partial charge is 0.292 e. The Bertz CT molecular complexity index is 1090. The summed E-state index contributed by atoms with van der Waals surface area (Å²) < 4.78 is 39.7. The summed E-state index contributed by atoms with van der Waals surface area (Å²) >= 11 is 0. The molecule has 1 saturated heterocycles. The van der Waals surface area contributed by atoms with Gasteiger partial charge in [0.15, 0.2) is 0 Å². The topological polar surface area (TPSA) is 83.5 Å². The Morgan fingerprint density at radius 3 is 2.70 bits per heavy atom. The number of nitrogens with zero attached hydrogens (tertiary/aromatic N) is 4. The smallest absolute Gasteiger partial charge is 0.228 e. The summed E-state index contributed by atoms with van der Waals surface area (Å²) in [6.07, 6.45) is 3.61. The van der Waals surface area contributed by atoms with E-state index in [1.54, 1.807) is 18.2 Å². The van der Waals surface area contributed by atoms with Gasteiger partial charge in [0.2, 0.25) is 15.9 Å². The van der Waals surface area contributed by atoms with E-state index in [2.05, 4.69) is 4.98 Å². The third-order valence-corrected chi connectivity index (χ3v) is 7.13. The van der Waals surface area contributed by atoms with E-state index in [0.29, 0.717) is 43.1 Å². The van der Waals surface area contributed by atoms with Gasteiger partial charge in [-0.3, -0.25) is 9.69 Å². The molecule has 160 valence electrons. The molecule has 7 nitrogen and oxygen atoms in total. The van der Waals surface area contributed by atoms with Crippen LogP contribution >= 0.6 is 0 Å². The van der Waals surface area contributed by atoms with Crippen LogP contribution in [-0.4, -0.2) is 47.9 Å². The molecule has 1 fully saturated rings. The second-order valence-corrected chi connectivity index (χ2v) is 9.98. The van der Waals surface area contributed by atoms with Gasteiger partial charge < -0.3 is 0 Å². The van der Waals surface area contributed by atoms with Gasteiger partial charge in [-0.1, -0.05) is 18.2 Å². The number of piperidine rings is 1. The van der Waals surface area contributed by atoms with Crippen LogP contribution in [0.2, 0.25) is 0 Å². The highest BCUT2D eigenvalue weighted by molar-refractivity contribution is 7.88. The van der Waals surface area contributed by atoms with E-state index < -0.39 is 10.0 Å². The molecule has 0 saturated carbocycles. The number of aromatic nitrogens is 2. The molecule has 1 unspecified atom stereocenters. The summed E-state index contributed by atoms with van der Waals surface area (Å²) in [4.78, 5) is 23.6. The molecule has 1 aromatic carbocycles. The van der Waals surface area contributed by atoms with Gasteiger partial charge in [0.25, 0.3) is 0 Å². The summed E-state index contributed by atoms with van der Waals surface area (Å²) in [5, 5.41) is 0. The number of halogens is 1. The quantitative estimate of drug-likeness (QED) is 0.741. The number of carbonyl (C=O) groups excluding carboxylic acids is 1. The van der Waals surface area contributed by atoms with E-state index in [1.807, 2.05) is 6.92 Å². The molecular weight excluding hydrogens is 407 g/mol. The van der Waals surface area contributed by atoms with Crippen LogP contribution in [0.5, 0.6) is 0 Å². The van der Waals surface area contributed by atoms with Crippen molar-refractivity contribution in [3.63, 3.8) is 0 Å². The second kappa shape index (κ2) is 8.03. The minimum Gasteiger partial charge on any atom is -0.292 e. The van der Waals surface area contributed by atoms with Crippen molar-refractivity contribution in [3.05, 3.63) is 52.7 Å². The van der Waals surface area contributed by atoms with Crippen molar-refractivity contribution >= 4 is 21.7 Å². The number of fused-ring (bicyclic) bond motifs is 1. The summed E-state index contributed by atoms with van der Waals surface area (Å²) in [5.74, 6) is 0.474. The van der Waals surface area contributed by atoms with Crippen molar-refractivity contribution in [1.82, 2.24) is 14.3 Å². The van der Waals surface area contributed by atoms with E-state index in [4.69, 9.17) is 4.98 Å². The summed E-state index contributed by atoms with van der Waals surface area (Å²) in [6.45, 7) is 2.82. The zero-order valence-corrected chi connectivity index (χ0v) is 18.0. The molecule has 30 heavy (non-hydrogen) atoms. The van der Waals surface area contributed by atoms with Gasteiger partial charge in [-0.25, -0.2) is 27.1 Å². The summed E-state index contributed by atoms with van der Waals surface area (Å²) in [6, 6.07) is 6.40. The van der Waals surface area contributed by atoms with E-state index >= 15 is 0 Å². The molecule has 2 aliphatic heterocycles. The van der Waals surface area contributed by atoms with Gasteiger partial charge in [0.1, 0.15) is 17.5 Å². The number of hydrogen-bond donors (Lipinski definition) is 0. The number of rotatable bonds is 4. The Hall–Kier alpha value is -2.39. The first-order chi connectivity index (χ1) is 14.2. The van der Waals surface area contributed by atoms with Gasteiger partial charge in [-0.05, 0) is 32.3 Å². The fourth-order valence-corrected chi connectivity index (χ4v) is 5.11. The lowest BCUT2D eigenvalue weighted by Crippen LogP contribution is -2.40. The van der Waals surface area contributed by atoms with Crippen LogP contribution in [-0.2, 0) is 27.8 Å². The van der Waals surface area contributed by atoms with Gasteiger partial charge in [-0.2, -0.15) is 0 Å². The number of benzene rings is 1. The molecule has 4 rings (SSSR count). The van der Waals surface area contributed by atoms with Crippen molar-refractivity contribution in [2.75, 3.05) is 24.2 Å². The van der Waals surface area contributed by atoms with E-state index in [9.17, 15) is 17.6 Å². The Morgan fingerprint density at radius 1 is 1.20 bits per heavy atom. The molecule has 0 bridgehead atoms. The molecule has 2 aromatic rings. The van der Waals surface area contributed by atoms with E-state index in [1.165, 1.54) is 21.5 Å². The Labute approximate surface area is 176 Å². The maximum Gasteiger partial charge on any atom is 0.228 e. The van der Waals surface area contributed by atoms with Crippen molar-refractivity contribution in [2.45, 2.75) is 45.1 Å². The summed E-state index contributed by atoms with van der Waals surface area (Å²) in [7, 11) is -3.29. The maximum absolute atomic E-state index is 14.2. The highest BCUT2D eigenvalue weighted by Crippen LogP contribution is 2.33. The van der Waals surface area contributed by atoms with Crippen LogP contribution in [0.1, 0.15) is 47.8 Å². The first-order valence-electron chi connectivity index (χ1n) is 10.1. The molecule has 0 aliphatic carbocycles. The molecule has 0 radical (unpaired) electrons. The monoisotopic (exact) mass is 432 g/mol. The number of hydrogen-bond acceptors (Lipinski definition) is 5. The lowest BCUT2D eigenvalue weighted by Gasteiger charge is -2.33. The fraction of sp³-hybridized carbons (Fsp3) is 0.476. The molecule has 1 atom stereocenters. The SMILES string of the molecule is Cc1nc(C2CCCN(S(C)(=O)=O)C2)nc2c1CCC(=O)N2Cc1ccccc1F. The maximum atomic E-state index is 14.2. The molecule has 1 amide bonds. The predicted molar refractivity (Wildman–Crippen MR) is 111 cm³/mol. The molecule has 2 aliphatic rings. The fourth-order valence-electron chi connectivity index (χ4n) is 4.20. The Balaban J connectivity index is 1.70. The van der Waals surface area contributed by atoms with Crippen LogP contribution in [0.15, 0.2) is 24.3 Å². The van der Waals surface area contributed by atoms with Crippen molar-refractivity contribution in [2.24, 2.45) is 0 Å². The predicted octanol–water partition coefficient (Wildman–Crippen LogP) is 2.54. The van der Waals surface area contributed by atoms with Crippen LogP contribution in [0.25, 0.3) is 0 Å². The third-order valence-electron chi connectivity index (χ3n) is 5.86. The van der Waals surface area contributed by atoms with Gasteiger partial charge in [-0.15, -0.1) is 0 Å². The number of carbonyl (C=O) groups is 1. The minimum absolute atomic E-state index is 0.101. The van der Waals surface area contributed by atoms with Crippen molar-refractivity contribution < 1.29 is 17.6 Å².